The lowest BCUT2D eigenvalue weighted by Gasteiger charge is -2.08. The first-order chi connectivity index (χ1) is 11.1. The minimum Gasteiger partial charge on any atom is -0.465 e. The van der Waals surface area contributed by atoms with Crippen LogP contribution in [0, 0.1) is 0 Å². The molecule has 2 N–H and O–H groups in total. The van der Waals surface area contributed by atoms with Crippen molar-refractivity contribution in [1.29, 1.82) is 0 Å². The van der Waals surface area contributed by atoms with Crippen LogP contribution < -0.4 is 5.32 Å². The normalized spacial score (nSPS) is 10.2. The molecule has 5 nitrogen and oxygen atoms in total. The van der Waals surface area contributed by atoms with Gasteiger partial charge in [0.15, 0.2) is 0 Å². The van der Waals surface area contributed by atoms with Gasteiger partial charge in [-0.1, -0.05) is 18.2 Å². The van der Waals surface area contributed by atoms with E-state index in [0.29, 0.717) is 23.2 Å². The van der Waals surface area contributed by atoms with Crippen LogP contribution in [0.1, 0.15) is 32.7 Å². The lowest BCUT2D eigenvalue weighted by molar-refractivity contribution is 0.0600. The van der Waals surface area contributed by atoms with Gasteiger partial charge in [-0.3, -0.25) is 4.79 Å². The van der Waals surface area contributed by atoms with Gasteiger partial charge in [-0.05, 0) is 48.7 Å². The lowest BCUT2D eigenvalue weighted by Crippen LogP contribution is -2.13. The highest BCUT2D eigenvalue weighted by atomic mass is 16.5. The molecule has 0 atom stereocenters. The van der Waals surface area contributed by atoms with Crippen molar-refractivity contribution in [1.82, 2.24) is 0 Å². The molecule has 120 valence electrons. The van der Waals surface area contributed by atoms with Crippen LogP contribution in [0.2, 0.25) is 0 Å². The summed E-state index contributed by atoms with van der Waals surface area (Å²) in [6, 6.07) is 13.8. The maximum Gasteiger partial charge on any atom is 0.337 e. The average Bonchev–Trinajstić information content (AvgIpc) is 2.59. The second-order valence-corrected chi connectivity index (χ2v) is 5.05. The van der Waals surface area contributed by atoms with Gasteiger partial charge in [-0.25, -0.2) is 4.79 Å². The third-order valence-electron chi connectivity index (χ3n) is 3.35. The molecule has 0 radical (unpaired) electrons. The summed E-state index contributed by atoms with van der Waals surface area (Å²) in [7, 11) is 1.30. The number of amides is 1. The van der Waals surface area contributed by atoms with Gasteiger partial charge in [0, 0.05) is 17.9 Å². The molecule has 0 fully saturated rings. The molecule has 0 aliphatic heterocycles. The Kier molecular flexibility index (Phi) is 5.88. The number of methoxy groups -OCH3 is 1. The molecule has 2 aromatic carbocycles. The molecule has 5 heteroatoms. The van der Waals surface area contributed by atoms with Crippen molar-refractivity contribution < 1.29 is 19.4 Å². The minimum absolute atomic E-state index is 0.136. The van der Waals surface area contributed by atoms with Gasteiger partial charge in [0.05, 0.1) is 12.7 Å². The molecule has 0 saturated carbocycles. The van der Waals surface area contributed by atoms with E-state index in [1.54, 1.807) is 24.3 Å². The molecule has 0 aliphatic carbocycles. The quantitative estimate of drug-likeness (QED) is 0.804. The molecule has 1 amide bonds. The predicted octanol–water partition coefficient (Wildman–Crippen LogP) is 2.65. The van der Waals surface area contributed by atoms with Crippen molar-refractivity contribution >= 4 is 17.6 Å². The number of carbonyl (C=O) groups excluding carboxylic acids is 2. The third-order valence-corrected chi connectivity index (χ3v) is 3.35. The monoisotopic (exact) mass is 313 g/mol. The van der Waals surface area contributed by atoms with Crippen LogP contribution in [-0.4, -0.2) is 30.7 Å². The Balaban J connectivity index is 2.11. The number of rotatable bonds is 6. The molecule has 0 spiro atoms. The van der Waals surface area contributed by atoms with E-state index in [1.807, 2.05) is 18.2 Å². The van der Waals surface area contributed by atoms with Crippen molar-refractivity contribution in [2.24, 2.45) is 0 Å². The highest BCUT2D eigenvalue weighted by Crippen LogP contribution is 2.14. The number of benzene rings is 2. The Bertz CT molecular complexity index is 697. The second-order valence-electron chi connectivity index (χ2n) is 5.05. The molecule has 0 heterocycles. The SMILES string of the molecule is COC(=O)c1cccc(C(=O)Nc2cccc(CCCO)c2)c1. The van der Waals surface area contributed by atoms with E-state index in [4.69, 9.17) is 5.11 Å². The number of carbonyl (C=O) groups is 2. The number of hydrogen-bond donors (Lipinski definition) is 2. The first kappa shape index (κ1) is 16.7. The number of nitrogens with one attached hydrogen (secondary N) is 1. The minimum atomic E-state index is -0.481. The number of hydrogen-bond acceptors (Lipinski definition) is 4. The zero-order valence-corrected chi connectivity index (χ0v) is 12.9. The molecule has 0 unspecified atom stereocenters. The fraction of sp³-hybridized carbons (Fsp3) is 0.222. The van der Waals surface area contributed by atoms with Crippen LogP contribution in [0.25, 0.3) is 0 Å². The van der Waals surface area contributed by atoms with Crippen LogP contribution in [0.15, 0.2) is 48.5 Å². The van der Waals surface area contributed by atoms with Crippen molar-refractivity contribution in [3.63, 3.8) is 0 Å². The third kappa shape index (κ3) is 4.66. The second kappa shape index (κ2) is 8.10. The van der Waals surface area contributed by atoms with Gasteiger partial charge in [-0.2, -0.15) is 0 Å². The van der Waals surface area contributed by atoms with E-state index in [0.717, 1.165) is 12.0 Å². The number of aliphatic hydroxyl groups is 1. The fourth-order valence-corrected chi connectivity index (χ4v) is 2.20. The molecule has 0 aromatic heterocycles. The molecule has 2 rings (SSSR count). The lowest BCUT2D eigenvalue weighted by atomic mass is 10.1. The van der Waals surface area contributed by atoms with Gasteiger partial charge in [0.2, 0.25) is 0 Å². The van der Waals surface area contributed by atoms with Crippen molar-refractivity contribution in [3.05, 3.63) is 65.2 Å². The number of esters is 1. The summed E-state index contributed by atoms with van der Waals surface area (Å²) in [5.74, 6) is -0.777. The summed E-state index contributed by atoms with van der Waals surface area (Å²) in [6.07, 6.45) is 1.43. The predicted molar refractivity (Wildman–Crippen MR) is 87.6 cm³/mol. The summed E-state index contributed by atoms with van der Waals surface area (Å²) in [5.41, 5.74) is 2.43. The standard InChI is InChI=1S/C18H19NO4/c1-23-18(22)15-8-3-7-14(12-15)17(21)19-16-9-2-5-13(11-16)6-4-10-20/h2-3,5,7-9,11-12,20H,4,6,10H2,1H3,(H,19,21). The Labute approximate surface area is 134 Å². The summed E-state index contributed by atoms with van der Waals surface area (Å²) in [6.45, 7) is 0.136. The van der Waals surface area contributed by atoms with Crippen LogP contribution in [0.3, 0.4) is 0 Å². The van der Waals surface area contributed by atoms with E-state index in [2.05, 4.69) is 10.1 Å². The van der Waals surface area contributed by atoms with Crippen LogP contribution in [0.5, 0.6) is 0 Å². The Morgan fingerprint density at radius 2 is 1.83 bits per heavy atom. The maximum atomic E-state index is 12.3. The molecule has 0 saturated heterocycles. The van der Waals surface area contributed by atoms with Gasteiger partial charge in [-0.15, -0.1) is 0 Å². The summed E-state index contributed by atoms with van der Waals surface area (Å²) in [5, 5.41) is 11.7. The van der Waals surface area contributed by atoms with Gasteiger partial charge in [0.25, 0.3) is 5.91 Å². The zero-order valence-electron chi connectivity index (χ0n) is 12.9. The van der Waals surface area contributed by atoms with Gasteiger partial charge >= 0.3 is 5.97 Å². The topological polar surface area (TPSA) is 75.6 Å². The van der Waals surface area contributed by atoms with Gasteiger partial charge < -0.3 is 15.2 Å². The highest BCUT2D eigenvalue weighted by Gasteiger charge is 2.11. The van der Waals surface area contributed by atoms with E-state index in [1.165, 1.54) is 13.2 Å². The maximum absolute atomic E-state index is 12.3. The van der Waals surface area contributed by atoms with E-state index >= 15 is 0 Å². The van der Waals surface area contributed by atoms with Crippen LogP contribution >= 0.6 is 0 Å². The number of aliphatic hydroxyl groups excluding tert-OH is 1. The molecule has 2 aromatic rings. The summed E-state index contributed by atoms with van der Waals surface area (Å²) in [4.78, 5) is 23.8. The zero-order chi connectivity index (χ0) is 16.7. The number of ether oxygens (including phenoxy) is 1. The number of anilines is 1. The average molecular weight is 313 g/mol. The van der Waals surface area contributed by atoms with Crippen molar-refractivity contribution in [3.8, 4) is 0 Å². The smallest absolute Gasteiger partial charge is 0.337 e. The molecule has 23 heavy (non-hydrogen) atoms. The molecule has 0 aliphatic rings. The van der Waals surface area contributed by atoms with Crippen LogP contribution in [-0.2, 0) is 11.2 Å². The summed E-state index contributed by atoms with van der Waals surface area (Å²) < 4.78 is 4.65. The highest BCUT2D eigenvalue weighted by molar-refractivity contribution is 6.05. The fourth-order valence-electron chi connectivity index (χ4n) is 2.20. The first-order valence-electron chi connectivity index (χ1n) is 7.33. The Morgan fingerprint density at radius 3 is 2.57 bits per heavy atom. The Morgan fingerprint density at radius 1 is 1.09 bits per heavy atom. The van der Waals surface area contributed by atoms with Crippen molar-refractivity contribution in [2.45, 2.75) is 12.8 Å². The Hall–Kier alpha value is -2.66. The first-order valence-corrected chi connectivity index (χ1v) is 7.33. The van der Waals surface area contributed by atoms with E-state index < -0.39 is 5.97 Å². The molecular weight excluding hydrogens is 294 g/mol. The van der Waals surface area contributed by atoms with Crippen LogP contribution in [0.4, 0.5) is 5.69 Å². The summed E-state index contributed by atoms with van der Waals surface area (Å²) >= 11 is 0. The number of aryl methyl sites for hydroxylation is 1. The molecule has 0 bridgehead atoms. The molecular formula is C18H19NO4. The van der Waals surface area contributed by atoms with E-state index in [9.17, 15) is 9.59 Å². The van der Waals surface area contributed by atoms with Gasteiger partial charge in [0.1, 0.15) is 0 Å². The largest absolute Gasteiger partial charge is 0.465 e. The van der Waals surface area contributed by atoms with E-state index in [-0.39, 0.29) is 12.5 Å². The van der Waals surface area contributed by atoms with Crippen molar-refractivity contribution in [2.75, 3.05) is 19.0 Å².